The first-order valence-corrected chi connectivity index (χ1v) is 7.31. The summed E-state index contributed by atoms with van der Waals surface area (Å²) in [6.45, 7) is 2.84. The third kappa shape index (κ3) is 2.73. The summed E-state index contributed by atoms with van der Waals surface area (Å²) in [6, 6.07) is 2.49. The molecule has 2 atom stereocenters. The minimum Gasteiger partial charge on any atom is -0.495 e. The molecule has 1 aromatic rings. The van der Waals surface area contributed by atoms with E-state index in [2.05, 4.69) is 5.32 Å². The number of nitrogens with zero attached hydrogens (tertiary/aromatic N) is 1. The number of carbonyl (C=O) groups excluding carboxylic acids is 1. The molecular weight excluding hydrogens is 284 g/mol. The second kappa shape index (κ2) is 6.11. The number of hydrogen-bond donors (Lipinski definition) is 1. The topological polar surface area (TPSA) is 41.6 Å². The summed E-state index contributed by atoms with van der Waals surface area (Å²) in [7, 11) is 1.62. The Morgan fingerprint density at radius 1 is 1.53 bits per heavy atom. The van der Waals surface area contributed by atoms with E-state index in [9.17, 15) is 4.79 Å². The predicted molar refractivity (Wildman–Crippen MR) is 78.5 cm³/mol. The Labute approximate surface area is 123 Å². The van der Waals surface area contributed by atoms with E-state index in [1.165, 1.54) is 17.8 Å². The van der Waals surface area contributed by atoms with E-state index in [1.54, 1.807) is 7.11 Å². The first kappa shape index (κ1) is 14.6. The fourth-order valence-electron chi connectivity index (χ4n) is 2.99. The highest BCUT2D eigenvalue weighted by Gasteiger charge is 2.35. The number of carbonyl (C=O) groups is 1. The second-order valence-corrected chi connectivity index (χ2v) is 5.88. The highest BCUT2D eigenvalue weighted by molar-refractivity contribution is 7.12. The van der Waals surface area contributed by atoms with Gasteiger partial charge in [0.2, 0.25) is 0 Å². The van der Waals surface area contributed by atoms with Gasteiger partial charge in [0.15, 0.2) is 0 Å². The third-order valence-corrected chi connectivity index (χ3v) is 4.87. The molecule has 0 saturated carbocycles. The molecule has 19 heavy (non-hydrogen) atoms. The van der Waals surface area contributed by atoms with E-state index in [1.807, 2.05) is 16.3 Å². The maximum Gasteiger partial charge on any atom is 0.267 e. The minimum atomic E-state index is 0. The van der Waals surface area contributed by atoms with Gasteiger partial charge < -0.3 is 15.0 Å². The smallest absolute Gasteiger partial charge is 0.267 e. The van der Waals surface area contributed by atoms with Crippen LogP contribution < -0.4 is 10.1 Å². The Hall–Kier alpha value is -0.780. The summed E-state index contributed by atoms with van der Waals surface area (Å²) in [5, 5.41) is 5.43. The number of hydrogen-bond acceptors (Lipinski definition) is 4. The Morgan fingerprint density at radius 3 is 3.16 bits per heavy atom. The number of amides is 1. The van der Waals surface area contributed by atoms with Gasteiger partial charge in [-0.2, -0.15) is 0 Å². The maximum absolute atomic E-state index is 12.5. The molecule has 1 aromatic heterocycles. The van der Waals surface area contributed by atoms with Crippen LogP contribution in [0.1, 0.15) is 22.5 Å². The van der Waals surface area contributed by atoms with E-state index in [4.69, 9.17) is 4.74 Å². The van der Waals surface area contributed by atoms with Gasteiger partial charge >= 0.3 is 0 Å². The molecule has 106 valence electrons. The highest BCUT2D eigenvalue weighted by atomic mass is 35.5. The first-order chi connectivity index (χ1) is 8.79. The van der Waals surface area contributed by atoms with Crippen molar-refractivity contribution in [1.82, 2.24) is 10.2 Å². The number of methoxy groups -OCH3 is 1. The molecule has 1 amide bonds. The van der Waals surface area contributed by atoms with Crippen molar-refractivity contribution in [2.24, 2.45) is 5.92 Å². The SMILES string of the molecule is COc1ccsc1C(=O)N1CCC2NCCC2C1.Cl. The number of piperidine rings is 1. The molecule has 2 aliphatic heterocycles. The minimum absolute atomic E-state index is 0. The Bertz CT molecular complexity index is 452. The predicted octanol–water partition coefficient (Wildman–Crippen LogP) is 2.00. The molecule has 6 heteroatoms. The molecule has 4 nitrogen and oxygen atoms in total. The quantitative estimate of drug-likeness (QED) is 0.908. The zero-order valence-electron chi connectivity index (χ0n) is 10.9. The summed E-state index contributed by atoms with van der Waals surface area (Å²) < 4.78 is 5.23. The molecule has 0 aliphatic carbocycles. The Kier molecular flexibility index (Phi) is 4.71. The van der Waals surface area contributed by atoms with Crippen molar-refractivity contribution >= 4 is 29.7 Å². The molecule has 0 radical (unpaired) electrons. The van der Waals surface area contributed by atoms with Crippen LogP contribution in [0.2, 0.25) is 0 Å². The molecule has 0 bridgehead atoms. The van der Waals surface area contributed by atoms with Gasteiger partial charge in [0.1, 0.15) is 10.6 Å². The van der Waals surface area contributed by atoms with Gasteiger partial charge in [0, 0.05) is 19.1 Å². The van der Waals surface area contributed by atoms with E-state index in [0.29, 0.717) is 17.7 Å². The monoisotopic (exact) mass is 302 g/mol. The molecule has 0 spiro atoms. The van der Waals surface area contributed by atoms with Crippen LogP contribution in [-0.4, -0.2) is 43.6 Å². The second-order valence-electron chi connectivity index (χ2n) is 4.97. The lowest BCUT2D eigenvalue weighted by molar-refractivity contribution is 0.0664. The fraction of sp³-hybridized carbons (Fsp3) is 0.615. The molecule has 0 aromatic carbocycles. The van der Waals surface area contributed by atoms with Gasteiger partial charge in [-0.05, 0) is 36.8 Å². The zero-order valence-corrected chi connectivity index (χ0v) is 12.6. The van der Waals surface area contributed by atoms with Gasteiger partial charge in [-0.1, -0.05) is 0 Å². The van der Waals surface area contributed by atoms with Gasteiger partial charge in [-0.15, -0.1) is 23.7 Å². The molecular formula is C13H19ClN2O2S. The fourth-order valence-corrected chi connectivity index (χ4v) is 3.81. The molecule has 2 aliphatic rings. The van der Waals surface area contributed by atoms with Crippen molar-refractivity contribution in [2.75, 3.05) is 26.7 Å². The average Bonchev–Trinajstić information content (AvgIpc) is 3.05. The van der Waals surface area contributed by atoms with Crippen molar-refractivity contribution in [3.8, 4) is 5.75 Å². The zero-order chi connectivity index (χ0) is 12.5. The first-order valence-electron chi connectivity index (χ1n) is 6.43. The number of nitrogens with one attached hydrogen (secondary N) is 1. The Balaban J connectivity index is 0.00000133. The number of rotatable bonds is 2. The van der Waals surface area contributed by atoms with Crippen LogP contribution in [0.25, 0.3) is 0 Å². The van der Waals surface area contributed by atoms with E-state index in [0.717, 1.165) is 30.9 Å². The lowest BCUT2D eigenvalue weighted by atomic mass is 9.93. The highest BCUT2D eigenvalue weighted by Crippen LogP contribution is 2.30. The maximum atomic E-state index is 12.5. The summed E-state index contributed by atoms with van der Waals surface area (Å²) >= 11 is 1.47. The summed E-state index contributed by atoms with van der Waals surface area (Å²) in [5.74, 6) is 1.47. The summed E-state index contributed by atoms with van der Waals surface area (Å²) in [5.41, 5.74) is 0. The van der Waals surface area contributed by atoms with Crippen LogP contribution >= 0.6 is 23.7 Å². The van der Waals surface area contributed by atoms with Crippen LogP contribution in [0.5, 0.6) is 5.75 Å². The van der Waals surface area contributed by atoms with Crippen molar-refractivity contribution in [3.63, 3.8) is 0 Å². The summed E-state index contributed by atoms with van der Waals surface area (Å²) in [4.78, 5) is 15.2. The molecule has 2 saturated heterocycles. The van der Waals surface area contributed by atoms with Crippen LogP contribution in [-0.2, 0) is 0 Å². The van der Waals surface area contributed by atoms with Gasteiger partial charge in [-0.25, -0.2) is 0 Å². The van der Waals surface area contributed by atoms with Crippen molar-refractivity contribution in [1.29, 1.82) is 0 Å². The number of likely N-dealkylation sites (tertiary alicyclic amines) is 1. The molecule has 3 heterocycles. The van der Waals surface area contributed by atoms with Crippen LogP contribution in [0.3, 0.4) is 0 Å². The number of thiophene rings is 1. The molecule has 1 N–H and O–H groups in total. The normalized spacial score (nSPS) is 25.6. The van der Waals surface area contributed by atoms with Gasteiger partial charge in [0.05, 0.1) is 7.11 Å². The number of fused-ring (bicyclic) bond motifs is 1. The van der Waals surface area contributed by atoms with Crippen LogP contribution in [0, 0.1) is 5.92 Å². The Morgan fingerprint density at radius 2 is 2.37 bits per heavy atom. The lowest BCUT2D eigenvalue weighted by Gasteiger charge is -2.34. The van der Waals surface area contributed by atoms with Crippen molar-refractivity contribution in [3.05, 3.63) is 16.3 Å². The van der Waals surface area contributed by atoms with Crippen LogP contribution in [0.15, 0.2) is 11.4 Å². The standard InChI is InChI=1S/C13H18N2O2S.ClH/c1-17-11-4-7-18-12(11)13(16)15-6-3-10-9(8-15)2-5-14-10;/h4,7,9-10,14H,2-3,5-6,8H2,1H3;1H. The average molecular weight is 303 g/mol. The third-order valence-electron chi connectivity index (χ3n) is 3.99. The lowest BCUT2D eigenvalue weighted by Crippen LogP contribution is -2.46. The van der Waals surface area contributed by atoms with E-state index >= 15 is 0 Å². The molecule has 2 unspecified atom stereocenters. The molecule has 2 fully saturated rings. The van der Waals surface area contributed by atoms with Crippen molar-refractivity contribution in [2.45, 2.75) is 18.9 Å². The van der Waals surface area contributed by atoms with Crippen LogP contribution in [0.4, 0.5) is 0 Å². The van der Waals surface area contributed by atoms with E-state index in [-0.39, 0.29) is 18.3 Å². The summed E-state index contributed by atoms with van der Waals surface area (Å²) in [6.07, 6.45) is 2.26. The van der Waals surface area contributed by atoms with E-state index < -0.39 is 0 Å². The molecule has 3 rings (SSSR count). The van der Waals surface area contributed by atoms with Crippen molar-refractivity contribution < 1.29 is 9.53 Å². The van der Waals surface area contributed by atoms with Gasteiger partial charge in [-0.3, -0.25) is 4.79 Å². The largest absolute Gasteiger partial charge is 0.495 e. The van der Waals surface area contributed by atoms with Gasteiger partial charge in [0.25, 0.3) is 5.91 Å². The number of halogens is 1. The number of ether oxygens (including phenoxy) is 1.